The Bertz CT molecular complexity index is 2670. The molecule has 0 saturated carbocycles. The minimum absolute atomic E-state index is 0.0227. The maximum Gasteiger partial charge on any atom is 0.472 e. The molecule has 5 unspecified atom stereocenters. The van der Waals surface area contributed by atoms with E-state index in [0.717, 1.165) is 148 Å². The predicted molar refractivity (Wildman–Crippen MR) is 408 cm³/mol. The maximum absolute atomic E-state index is 13.1. The zero-order valence-electron chi connectivity index (χ0n) is 61.0. The first-order chi connectivity index (χ1) is 48.7. The lowest BCUT2D eigenvalue weighted by molar-refractivity contribution is -0.161. The molecule has 0 spiro atoms. The molecule has 0 aliphatic rings. The Morgan fingerprint density at radius 2 is 0.530 bits per heavy atom. The quantitative estimate of drug-likeness (QED) is 0.0169. The number of esters is 4. The molecule has 0 fully saturated rings. The summed E-state index contributed by atoms with van der Waals surface area (Å²) in [5.74, 6) is -2.47. The molecular weight excluding hydrogens is 1310 g/mol. The van der Waals surface area contributed by atoms with Crippen molar-refractivity contribution in [3.05, 3.63) is 194 Å². The number of unbranched alkanes of at least 4 members (excludes halogenated alkanes) is 9. The molecule has 0 aliphatic heterocycles. The maximum atomic E-state index is 13.1. The summed E-state index contributed by atoms with van der Waals surface area (Å²) in [6, 6.07) is 0. The Balaban J connectivity index is 5.54. The number of aliphatic hydroxyl groups excluding tert-OH is 1. The predicted octanol–water partition coefficient (Wildman–Crippen LogP) is 21.0. The van der Waals surface area contributed by atoms with Crippen LogP contribution in [0.1, 0.15) is 233 Å². The van der Waals surface area contributed by atoms with E-state index < -0.39 is 97.5 Å². The number of phosphoric acid groups is 2. The molecule has 0 radical (unpaired) electrons. The fraction of sp³-hybridized carbons (Fsp3) is 0.556. The van der Waals surface area contributed by atoms with Gasteiger partial charge in [-0.15, -0.1) is 0 Å². The highest BCUT2D eigenvalue weighted by Crippen LogP contribution is 2.45. The van der Waals surface area contributed by atoms with Crippen LogP contribution >= 0.6 is 15.6 Å². The number of phosphoric ester groups is 2. The standard InChI is InChI=1S/C81H126O17P2/c1-5-9-13-17-21-25-29-33-37-41-45-49-53-57-61-65-78(83)91-71-76(97-80(85)67-63-59-55-51-47-43-39-35-31-27-23-19-15-11-7-3)73-95-99(87,88)93-69-75(82)70-94-100(89,90)96-74-77(98-81(86)68-64-60-56-52-48-44-40-36-32-28-24-20-16-12-8-4)72-92-79(84)66-62-58-54-50-46-42-38-34-30-26-22-18-14-10-6-2/h9-16,21-28,33-40,45-47,49-51,58,62,75-77,82H,5-8,17-20,29-32,41-44,48,52-57,59-61,63-74H2,1-4H3,(H,87,88)(H,89,90)/b13-9-,14-10-,15-11-,16-12-,25-21-,26-22-,27-23-,28-24-,37-33-,38-34-,39-35-,40-36-,49-45-,50-46-,51-47-,62-58-. The normalized spacial score (nSPS) is 15.1. The second kappa shape index (κ2) is 71.3. The number of hydrogen-bond acceptors (Lipinski definition) is 15. The summed E-state index contributed by atoms with van der Waals surface area (Å²) in [7, 11) is -10.0. The molecular formula is C81H126O17P2. The van der Waals surface area contributed by atoms with E-state index in [9.17, 15) is 43.2 Å². The molecule has 100 heavy (non-hydrogen) atoms. The number of aliphatic hydroxyl groups is 1. The molecule has 0 rings (SSSR count). The lowest BCUT2D eigenvalue weighted by Crippen LogP contribution is -2.30. The number of rotatable bonds is 66. The summed E-state index contributed by atoms with van der Waals surface area (Å²) in [5, 5.41) is 10.6. The van der Waals surface area contributed by atoms with E-state index in [1.165, 1.54) is 0 Å². The fourth-order valence-electron chi connectivity index (χ4n) is 8.64. The minimum atomic E-state index is -5.01. The van der Waals surface area contributed by atoms with Gasteiger partial charge in [-0.1, -0.05) is 241 Å². The SMILES string of the molecule is CC/C=C\C/C=C\C/C=C\C/C=C\C/C=C\CC(=O)OCC(COP(=O)(O)OCC(O)COP(=O)(O)OCC(COC(=O)CCCC/C=C\C/C=C\C/C=C\C/C=C\CC)OC(=O)CCCC/C=C\C/C=C\C/C=C\C/C=C\CC)OC(=O)CCCCCCC/C=C\C/C=C\C/C=C\CC. The van der Waals surface area contributed by atoms with Crippen LogP contribution in [-0.2, 0) is 65.4 Å². The Labute approximate surface area is 602 Å². The van der Waals surface area contributed by atoms with Crippen molar-refractivity contribution >= 4 is 39.5 Å². The number of ether oxygens (including phenoxy) is 4. The third-order valence-corrected chi connectivity index (χ3v) is 16.0. The zero-order chi connectivity index (χ0) is 73.2. The number of carbonyl (C=O) groups excluding carboxylic acids is 4. The molecule has 0 bridgehead atoms. The zero-order valence-corrected chi connectivity index (χ0v) is 62.8. The highest BCUT2D eigenvalue weighted by atomic mass is 31.2. The van der Waals surface area contributed by atoms with Gasteiger partial charge in [-0.05, 0) is 161 Å². The van der Waals surface area contributed by atoms with Crippen LogP contribution in [0.2, 0.25) is 0 Å². The summed E-state index contributed by atoms with van der Waals surface area (Å²) in [6.45, 7) is 4.12. The summed E-state index contributed by atoms with van der Waals surface area (Å²) in [4.78, 5) is 72.7. The third kappa shape index (κ3) is 70.3. The van der Waals surface area contributed by atoms with E-state index in [1.54, 1.807) is 6.08 Å². The van der Waals surface area contributed by atoms with Crippen LogP contribution in [-0.4, -0.2) is 96.7 Å². The Hall–Kier alpha value is -6.10. The average Bonchev–Trinajstić information content (AvgIpc) is 1.01. The molecule has 0 aliphatic carbocycles. The second-order valence-corrected chi connectivity index (χ2v) is 26.3. The van der Waals surface area contributed by atoms with Gasteiger partial charge in [0.05, 0.1) is 32.8 Å². The first-order valence-corrected chi connectivity index (χ1v) is 39.7. The van der Waals surface area contributed by atoms with Crippen LogP contribution in [0.3, 0.4) is 0 Å². The van der Waals surface area contributed by atoms with Crippen molar-refractivity contribution in [1.82, 2.24) is 0 Å². The highest BCUT2D eigenvalue weighted by molar-refractivity contribution is 7.47. The van der Waals surface area contributed by atoms with Crippen molar-refractivity contribution < 1.29 is 80.2 Å². The van der Waals surface area contributed by atoms with E-state index in [1.807, 2.05) is 24.3 Å². The van der Waals surface area contributed by atoms with Crippen LogP contribution in [0.15, 0.2) is 194 Å². The monoisotopic (exact) mass is 1430 g/mol. The average molecular weight is 1430 g/mol. The van der Waals surface area contributed by atoms with E-state index in [0.29, 0.717) is 32.1 Å². The number of allylic oxidation sites excluding steroid dienone is 31. The number of hydrogen-bond donors (Lipinski definition) is 3. The molecule has 19 heteroatoms. The van der Waals surface area contributed by atoms with Crippen molar-refractivity contribution in [3.8, 4) is 0 Å². The van der Waals surface area contributed by atoms with Crippen molar-refractivity contribution in [2.45, 2.75) is 251 Å². The van der Waals surface area contributed by atoms with Crippen LogP contribution in [0.4, 0.5) is 0 Å². The summed E-state index contributed by atoms with van der Waals surface area (Å²) in [6.07, 6.45) is 86.2. The lowest BCUT2D eigenvalue weighted by atomic mass is 10.1. The Kier molecular flexibility index (Phi) is 67.0. The molecule has 562 valence electrons. The van der Waals surface area contributed by atoms with Gasteiger partial charge in [0.1, 0.15) is 19.3 Å². The molecule has 0 aromatic heterocycles. The third-order valence-electron chi connectivity index (χ3n) is 14.1. The van der Waals surface area contributed by atoms with Crippen molar-refractivity contribution in [2.24, 2.45) is 0 Å². The smallest absolute Gasteiger partial charge is 0.462 e. The van der Waals surface area contributed by atoms with Gasteiger partial charge in [0.25, 0.3) is 0 Å². The van der Waals surface area contributed by atoms with Crippen molar-refractivity contribution in [3.63, 3.8) is 0 Å². The molecule has 17 nitrogen and oxygen atoms in total. The molecule has 0 saturated heterocycles. The van der Waals surface area contributed by atoms with Gasteiger partial charge >= 0.3 is 39.5 Å². The van der Waals surface area contributed by atoms with Gasteiger partial charge in [0.15, 0.2) is 12.2 Å². The highest BCUT2D eigenvalue weighted by Gasteiger charge is 2.30. The van der Waals surface area contributed by atoms with Gasteiger partial charge < -0.3 is 33.8 Å². The van der Waals surface area contributed by atoms with Gasteiger partial charge in [-0.2, -0.15) is 0 Å². The second-order valence-electron chi connectivity index (χ2n) is 23.4. The van der Waals surface area contributed by atoms with E-state index in [4.69, 9.17) is 37.0 Å². The van der Waals surface area contributed by atoms with E-state index >= 15 is 0 Å². The summed E-state index contributed by atoms with van der Waals surface area (Å²) >= 11 is 0. The topological polar surface area (TPSA) is 237 Å². The molecule has 0 aromatic rings. The molecule has 5 atom stereocenters. The first kappa shape index (κ1) is 93.9. The fourth-order valence-corrected chi connectivity index (χ4v) is 10.2. The Morgan fingerprint density at radius 1 is 0.290 bits per heavy atom. The van der Waals surface area contributed by atoms with Gasteiger partial charge in [-0.25, -0.2) is 9.13 Å². The van der Waals surface area contributed by atoms with Gasteiger partial charge in [0.2, 0.25) is 0 Å². The molecule has 0 aromatic carbocycles. The molecule has 3 N–H and O–H groups in total. The first-order valence-electron chi connectivity index (χ1n) is 36.7. The van der Waals surface area contributed by atoms with E-state index in [-0.39, 0.29) is 25.7 Å². The number of carbonyl (C=O) groups is 4. The largest absolute Gasteiger partial charge is 0.472 e. The summed E-state index contributed by atoms with van der Waals surface area (Å²) in [5.41, 5.74) is 0. The lowest BCUT2D eigenvalue weighted by Gasteiger charge is -2.21. The minimum Gasteiger partial charge on any atom is -0.462 e. The molecule has 0 heterocycles. The van der Waals surface area contributed by atoms with Crippen molar-refractivity contribution in [2.75, 3.05) is 39.6 Å². The van der Waals surface area contributed by atoms with Crippen LogP contribution in [0.25, 0.3) is 0 Å². The van der Waals surface area contributed by atoms with Gasteiger partial charge in [-0.3, -0.25) is 37.3 Å². The van der Waals surface area contributed by atoms with Crippen LogP contribution < -0.4 is 0 Å². The van der Waals surface area contributed by atoms with E-state index in [2.05, 4.69) is 192 Å². The van der Waals surface area contributed by atoms with Crippen LogP contribution in [0.5, 0.6) is 0 Å². The van der Waals surface area contributed by atoms with Crippen LogP contribution in [0, 0.1) is 0 Å². The van der Waals surface area contributed by atoms with Gasteiger partial charge in [0, 0.05) is 19.3 Å². The molecule has 0 amide bonds. The Morgan fingerprint density at radius 3 is 0.860 bits per heavy atom. The summed E-state index contributed by atoms with van der Waals surface area (Å²) < 4.78 is 68.2. The van der Waals surface area contributed by atoms with Crippen molar-refractivity contribution in [1.29, 1.82) is 0 Å².